The molecule has 0 spiro atoms. The van der Waals surface area contributed by atoms with Crippen molar-refractivity contribution in [3.63, 3.8) is 0 Å². The molecule has 134 valence electrons. The normalized spacial score (nSPS) is 13.5. The summed E-state index contributed by atoms with van der Waals surface area (Å²) in [6.45, 7) is 0. The maximum absolute atomic E-state index is 14.3. The molecule has 0 radical (unpaired) electrons. The minimum Gasteiger partial charge on any atom is -0.338 e. The van der Waals surface area contributed by atoms with Crippen molar-refractivity contribution in [1.29, 1.82) is 0 Å². The van der Waals surface area contributed by atoms with Gasteiger partial charge < -0.3 is 10.3 Å². The molecule has 0 unspecified atom stereocenters. The summed E-state index contributed by atoms with van der Waals surface area (Å²) in [5.41, 5.74) is 1.69. The van der Waals surface area contributed by atoms with Crippen LogP contribution in [0.2, 0.25) is 5.02 Å². The zero-order valence-corrected chi connectivity index (χ0v) is 14.8. The fraction of sp³-hybridized carbons (Fsp3) is 0.0500. The summed E-state index contributed by atoms with van der Waals surface area (Å²) in [7, 11) is 0. The number of hydrogen-bond acceptors (Lipinski definition) is 3. The molecule has 0 aliphatic carbocycles. The van der Waals surface area contributed by atoms with E-state index in [1.54, 1.807) is 42.6 Å². The highest BCUT2D eigenvalue weighted by molar-refractivity contribution is 6.31. The number of H-pyrrole nitrogens is 1. The van der Waals surface area contributed by atoms with Crippen LogP contribution in [0.25, 0.3) is 22.4 Å². The zero-order valence-electron chi connectivity index (χ0n) is 14.0. The van der Waals surface area contributed by atoms with Gasteiger partial charge in [0, 0.05) is 12.6 Å². The Morgan fingerprint density at radius 1 is 1.19 bits per heavy atom. The number of hydrogen-bond donors (Lipinski definition) is 2. The molecule has 0 saturated heterocycles. The van der Waals surface area contributed by atoms with Crippen molar-refractivity contribution < 1.29 is 9.18 Å². The molecule has 1 aliphatic rings. The highest BCUT2D eigenvalue weighted by Crippen LogP contribution is 2.28. The summed E-state index contributed by atoms with van der Waals surface area (Å²) in [6.07, 6.45) is 7.70. The average molecular weight is 381 g/mol. The SMILES string of the molecule is O=C(NC1=NC=CC=CC1)c1cccc2[nH]c(-c3cccc(Cl)c3F)nc12. The van der Waals surface area contributed by atoms with Crippen LogP contribution in [0.3, 0.4) is 0 Å². The third-order valence-electron chi connectivity index (χ3n) is 4.10. The Balaban J connectivity index is 1.72. The molecule has 1 aliphatic heterocycles. The maximum atomic E-state index is 14.3. The number of para-hydroxylation sites is 1. The van der Waals surface area contributed by atoms with Crippen LogP contribution in [-0.4, -0.2) is 21.7 Å². The summed E-state index contributed by atoms with van der Waals surface area (Å²) in [5, 5.41) is 2.81. The lowest BCUT2D eigenvalue weighted by molar-refractivity contribution is 0.0978. The molecule has 1 amide bonds. The second-order valence-corrected chi connectivity index (χ2v) is 6.30. The molecule has 0 fully saturated rings. The number of carbonyl (C=O) groups is 1. The molecule has 4 rings (SSSR count). The molecular weight excluding hydrogens is 367 g/mol. The van der Waals surface area contributed by atoms with Crippen LogP contribution in [-0.2, 0) is 0 Å². The second-order valence-electron chi connectivity index (χ2n) is 5.89. The average Bonchev–Trinajstić information content (AvgIpc) is 2.93. The van der Waals surface area contributed by atoms with Crippen molar-refractivity contribution in [1.82, 2.24) is 15.3 Å². The fourth-order valence-electron chi connectivity index (χ4n) is 2.80. The highest BCUT2D eigenvalue weighted by Gasteiger charge is 2.17. The van der Waals surface area contributed by atoms with Gasteiger partial charge in [0.05, 0.1) is 21.7 Å². The van der Waals surface area contributed by atoms with Gasteiger partial charge in [0.2, 0.25) is 0 Å². The summed E-state index contributed by atoms with van der Waals surface area (Å²) in [6, 6.07) is 9.88. The van der Waals surface area contributed by atoms with E-state index in [4.69, 9.17) is 11.6 Å². The summed E-state index contributed by atoms with van der Waals surface area (Å²) < 4.78 is 14.3. The Hall–Kier alpha value is -3.25. The Bertz CT molecular complexity index is 1130. The molecule has 0 atom stereocenters. The Morgan fingerprint density at radius 3 is 2.93 bits per heavy atom. The van der Waals surface area contributed by atoms with Gasteiger partial charge in [-0.25, -0.2) is 14.4 Å². The van der Waals surface area contributed by atoms with Crippen molar-refractivity contribution in [3.8, 4) is 11.4 Å². The van der Waals surface area contributed by atoms with Gasteiger partial charge in [-0.3, -0.25) is 4.79 Å². The Morgan fingerprint density at radius 2 is 2.04 bits per heavy atom. The molecule has 1 aromatic heterocycles. The van der Waals surface area contributed by atoms with E-state index in [0.29, 0.717) is 34.7 Å². The summed E-state index contributed by atoms with van der Waals surface area (Å²) >= 11 is 5.86. The van der Waals surface area contributed by atoms with Crippen LogP contribution in [0.15, 0.2) is 65.8 Å². The number of nitrogens with one attached hydrogen (secondary N) is 2. The molecule has 2 aromatic carbocycles. The smallest absolute Gasteiger partial charge is 0.258 e. The van der Waals surface area contributed by atoms with Crippen LogP contribution in [0.4, 0.5) is 4.39 Å². The van der Waals surface area contributed by atoms with Gasteiger partial charge in [0.25, 0.3) is 5.91 Å². The van der Waals surface area contributed by atoms with Gasteiger partial charge in [-0.05, 0) is 30.3 Å². The quantitative estimate of drug-likeness (QED) is 0.680. The van der Waals surface area contributed by atoms with Crippen molar-refractivity contribution in [2.45, 2.75) is 6.42 Å². The number of rotatable bonds is 2. The minimum atomic E-state index is -0.560. The number of carbonyl (C=O) groups excluding carboxylic acids is 1. The molecule has 27 heavy (non-hydrogen) atoms. The standard InChI is InChI=1S/C20H14ClFN4O/c21-14-8-4-6-12(17(14)22)19-24-15-9-5-7-13(18(15)26-19)20(27)25-16-10-2-1-3-11-23-16/h1-9,11H,10H2,(H,24,26)(H,23,25,27). The molecule has 7 heteroatoms. The molecule has 0 saturated carbocycles. The van der Waals surface area contributed by atoms with Crippen LogP contribution in [0.1, 0.15) is 16.8 Å². The van der Waals surface area contributed by atoms with Crippen LogP contribution in [0, 0.1) is 5.82 Å². The number of benzene rings is 2. The number of fused-ring (bicyclic) bond motifs is 1. The van der Waals surface area contributed by atoms with E-state index in [0.717, 1.165) is 0 Å². The first-order valence-electron chi connectivity index (χ1n) is 8.26. The number of nitrogens with zero attached hydrogens (tertiary/aromatic N) is 2. The van der Waals surface area contributed by atoms with E-state index in [-0.39, 0.29) is 16.5 Å². The predicted octanol–water partition coefficient (Wildman–Crippen LogP) is 4.62. The number of aromatic nitrogens is 2. The number of halogens is 2. The number of allylic oxidation sites excluding steroid dienone is 2. The van der Waals surface area contributed by atoms with E-state index in [1.807, 2.05) is 12.2 Å². The summed E-state index contributed by atoms with van der Waals surface area (Å²) in [4.78, 5) is 24.4. The molecule has 5 nitrogen and oxygen atoms in total. The van der Waals surface area contributed by atoms with Gasteiger partial charge in [0.15, 0.2) is 5.82 Å². The first-order valence-corrected chi connectivity index (χ1v) is 8.64. The van der Waals surface area contributed by atoms with E-state index in [1.165, 1.54) is 6.07 Å². The number of amidine groups is 1. The van der Waals surface area contributed by atoms with Gasteiger partial charge in [-0.2, -0.15) is 0 Å². The number of imidazole rings is 1. The van der Waals surface area contributed by atoms with Crippen molar-refractivity contribution >= 4 is 34.4 Å². The van der Waals surface area contributed by atoms with Gasteiger partial charge in [-0.1, -0.05) is 35.9 Å². The van der Waals surface area contributed by atoms with Gasteiger partial charge in [0.1, 0.15) is 17.2 Å². The first kappa shape index (κ1) is 17.2. The molecule has 3 aromatic rings. The lowest BCUT2D eigenvalue weighted by Crippen LogP contribution is -2.30. The van der Waals surface area contributed by atoms with Gasteiger partial charge in [-0.15, -0.1) is 0 Å². The third kappa shape index (κ3) is 3.39. The topological polar surface area (TPSA) is 70.1 Å². The number of amides is 1. The Labute approximate surface area is 159 Å². The summed E-state index contributed by atoms with van der Waals surface area (Å²) in [5.74, 6) is -0.0372. The maximum Gasteiger partial charge on any atom is 0.258 e. The lowest BCUT2D eigenvalue weighted by atomic mass is 10.1. The zero-order chi connectivity index (χ0) is 18.8. The van der Waals surface area contributed by atoms with Gasteiger partial charge >= 0.3 is 0 Å². The van der Waals surface area contributed by atoms with Crippen LogP contribution >= 0.6 is 11.6 Å². The fourth-order valence-corrected chi connectivity index (χ4v) is 2.98. The van der Waals surface area contributed by atoms with Crippen LogP contribution < -0.4 is 5.32 Å². The van der Waals surface area contributed by atoms with Crippen molar-refractivity contribution in [2.75, 3.05) is 0 Å². The lowest BCUT2D eigenvalue weighted by Gasteiger charge is -2.06. The van der Waals surface area contributed by atoms with E-state index in [9.17, 15) is 9.18 Å². The van der Waals surface area contributed by atoms with E-state index >= 15 is 0 Å². The molecule has 0 bridgehead atoms. The van der Waals surface area contributed by atoms with Crippen molar-refractivity contribution in [2.24, 2.45) is 4.99 Å². The molecule has 2 heterocycles. The number of aliphatic imine (C=N–C) groups is 1. The van der Waals surface area contributed by atoms with E-state index < -0.39 is 5.82 Å². The highest BCUT2D eigenvalue weighted by atomic mass is 35.5. The largest absolute Gasteiger partial charge is 0.338 e. The monoisotopic (exact) mass is 380 g/mol. The predicted molar refractivity (Wildman–Crippen MR) is 104 cm³/mol. The van der Waals surface area contributed by atoms with Crippen LogP contribution in [0.5, 0.6) is 0 Å². The molecule has 2 N–H and O–H groups in total. The van der Waals surface area contributed by atoms with E-state index in [2.05, 4.69) is 20.3 Å². The second kappa shape index (κ2) is 7.17. The van der Waals surface area contributed by atoms with Crippen molar-refractivity contribution in [3.05, 3.63) is 77.2 Å². The first-order chi connectivity index (χ1) is 13.1. The Kier molecular flexibility index (Phi) is 4.56. The number of aromatic amines is 1. The minimum absolute atomic E-state index is 0.0124. The third-order valence-corrected chi connectivity index (χ3v) is 4.39. The molecular formula is C20H14ClFN4O.